The third-order valence-corrected chi connectivity index (χ3v) is 6.02. The van der Waals surface area contributed by atoms with Crippen LogP contribution in [0.2, 0.25) is 0 Å². The first-order valence-electron chi connectivity index (χ1n) is 10.4. The fraction of sp³-hybridized carbons (Fsp3) is 0.500. The molecule has 2 saturated heterocycles. The van der Waals surface area contributed by atoms with Gasteiger partial charge in [-0.2, -0.15) is 0 Å². The summed E-state index contributed by atoms with van der Waals surface area (Å²) in [6.07, 6.45) is 1.23. The van der Waals surface area contributed by atoms with Crippen molar-refractivity contribution in [2.24, 2.45) is 5.41 Å². The molecule has 6 nitrogen and oxygen atoms in total. The van der Waals surface area contributed by atoms with Gasteiger partial charge in [-0.15, -0.1) is 13.2 Å². The highest BCUT2D eigenvalue weighted by Crippen LogP contribution is 2.42. The zero-order valence-corrected chi connectivity index (χ0v) is 16.8. The lowest BCUT2D eigenvalue weighted by molar-refractivity contribution is -0.274. The average molecular weight is 433 g/mol. The second-order valence-corrected chi connectivity index (χ2v) is 8.77. The highest BCUT2D eigenvalue weighted by atomic mass is 19.4. The van der Waals surface area contributed by atoms with E-state index in [-0.39, 0.29) is 17.1 Å². The maximum atomic E-state index is 12.6. The van der Waals surface area contributed by atoms with Crippen LogP contribution < -0.4 is 4.74 Å². The van der Waals surface area contributed by atoms with Gasteiger partial charge in [-0.25, -0.2) is 9.97 Å². The van der Waals surface area contributed by atoms with E-state index in [0.717, 1.165) is 24.0 Å². The molecule has 0 unspecified atom stereocenters. The molecule has 164 valence electrons. The van der Waals surface area contributed by atoms with E-state index in [9.17, 15) is 18.0 Å². The monoisotopic (exact) mass is 433 g/mol. The minimum atomic E-state index is -4.72. The maximum Gasteiger partial charge on any atom is 0.573 e. The number of carbonyl (C=O) groups is 1. The fourth-order valence-electron chi connectivity index (χ4n) is 4.19. The number of aromatic nitrogens is 2. The van der Waals surface area contributed by atoms with Crippen molar-refractivity contribution < 1.29 is 27.4 Å². The van der Waals surface area contributed by atoms with Crippen LogP contribution in [0, 0.1) is 5.41 Å². The number of aryl methyl sites for hydroxylation is 2. The van der Waals surface area contributed by atoms with Crippen molar-refractivity contribution >= 4 is 5.91 Å². The van der Waals surface area contributed by atoms with Crippen LogP contribution in [0.1, 0.15) is 46.1 Å². The van der Waals surface area contributed by atoms with Crippen LogP contribution in [0.5, 0.6) is 5.75 Å². The molecule has 1 aromatic heterocycles. The Hall–Kier alpha value is -2.68. The van der Waals surface area contributed by atoms with Crippen molar-refractivity contribution in [2.75, 3.05) is 26.3 Å². The standard InChI is InChI=1S/C22H22F3N3O3/c23-22(24,25)31-18-6-14(5-16(7-18)15-2-3-15)1-4-19-26-8-17(9-27-19)20(29)28-10-21(11-28)12-30-13-21/h5-9,15H,1-4,10-13H2. The number of benzene rings is 1. The molecule has 1 spiro atoms. The summed E-state index contributed by atoms with van der Waals surface area (Å²) in [6.45, 7) is 2.83. The van der Waals surface area contributed by atoms with E-state index < -0.39 is 6.36 Å². The first-order valence-corrected chi connectivity index (χ1v) is 10.4. The molecule has 3 aliphatic rings. The quantitative estimate of drug-likeness (QED) is 0.698. The van der Waals surface area contributed by atoms with E-state index >= 15 is 0 Å². The van der Waals surface area contributed by atoms with Crippen LogP contribution in [0.25, 0.3) is 0 Å². The van der Waals surface area contributed by atoms with Gasteiger partial charge in [0.05, 0.1) is 24.2 Å². The van der Waals surface area contributed by atoms with Crippen LogP contribution in [0.3, 0.4) is 0 Å². The Labute approximate surface area is 177 Å². The highest BCUT2D eigenvalue weighted by molar-refractivity contribution is 5.94. The van der Waals surface area contributed by atoms with Gasteiger partial charge in [0.2, 0.25) is 0 Å². The summed E-state index contributed by atoms with van der Waals surface area (Å²) in [5, 5.41) is 0. The van der Waals surface area contributed by atoms with Crippen LogP contribution in [0.15, 0.2) is 30.6 Å². The summed E-state index contributed by atoms with van der Waals surface area (Å²) in [5.41, 5.74) is 2.22. The summed E-state index contributed by atoms with van der Waals surface area (Å²) < 4.78 is 47.3. The van der Waals surface area contributed by atoms with Gasteiger partial charge in [-0.05, 0) is 48.4 Å². The molecule has 1 amide bonds. The largest absolute Gasteiger partial charge is 0.573 e. The highest BCUT2D eigenvalue weighted by Gasteiger charge is 2.50. The van der Waals surface area contributed by atoms with Gasteiger partial charge < -0.3 is 14.4 Å². The van der Waals surface area contributed by atoms with Crippen LogP contribution in [-0.4, -0.2) is 53.4 Å². The molecule has 9 heteroatoms. The van der Waals surface area contributed by atoms with Crippen molar-refractivity contribution in [1.82, 2.24) is 14.9 Å². The zero-order chi connectivity index (χ0) is 21.6. The number of hydrogen-bond donors (Lipinski definition) is 0. The number of carbonyl (C=O) groups excluding carboxylic acids is 1. The SMILES string of the molecule is O=C(c1cnc(CCc2cc(OC(F)(F)F)cc(C3CC3)c2)nc1)N1CC2(COC2)C1. The minimum absolute atomic E-state index is 0.0878. The summed E-state index contributed by atoms with van der Waals surface area (Å²) >= 11 is 0. The number of nitrogens with zero attached hydrogens (tertiary/aromatic N) is 3. The molecule has 1 saturated carbocycles. The Morgan fingerprint density at radius 3 is 2.42 bits per heavy atom. The first-order chi connectivity index (χ1) is 14.8. The van der Waals surface area contributed by atoms with E-state index in [0.29, 0.717) is 56.5 Å². The predicted octanol–water partition coefficient (Wildman–Crippen LogP) is 3.51. The van der Waals surface area contributed by atoms with Gasteiger partial charge in [0, 0.05) is 31.9 Å². The van der Waals surface area contributed by atoms with Crippen LogP contribution >= 0.6 is 0 Å². The van der Waals surface area contributed by atoms with Gasteiger partial charge in [-0.3, -0.25) is 4.79 Å². The van der Waals surface area contributed by atoms with Crippen molar-refractivity contribution in [2.45, 2.75) is 38.0 Å². The number of halogens is 3. The molecule has 5 rings (SSSR count). The number of rotatable bonds is 6. The van der Waals surface area contributed by atoms with E-state index in [1.54, 1.807) is 4.90 Å². The topological polar surface area (TPSA) is 64.5 Å². The van der Waals surface area contributed by atoms with Gasteiger partial charge >= 0.3 is 6.36 Å². The molecule has 0 N–H and O–H groups in total. The third-order valence-electron chi connectivity index (χ3n) is 6.02. The lowest BCUT2D eigenvalue weighted by Gasteiger charge is -2.54. The van der Waals surface area contributed by atoms with Gasteiger partial charge in [0.15, 0.2) is 0 Å². The molecule has 1 aliphatic carbocycles. The van der Waals surface area contributed by atoms with Crippen LogP contribution in [-0.2, 0) is 17.6 Å². The van der Waals surface area contributed by atoms with Crippen molar-refractivity contribution in [1.29, 1.82) is 0 Å². The first kappa shape index (κ1) is 20.2. The summed E-state index contributed by atoms with van der Waals surface area (Å²) in [4.78, 5) is 22.8. The molecular weight excluding hydrogens is 411 g/mol. The molecule has 2 aromatic rings. The molecule has 3 fully saturated rings. The third kappa shape index (κ3) is 4.51. The number of amides is 1. The number of hydrogen-bond acceptors (Lipinski definition) is 5. The van der Waals surface area contributed by atoms with E-state index in [4.69, 9.17) is 4.74 Å². The molecule has 1 aromatic carbocycles. The van der Waals surface area contributed by atoms with E-state index in [1.165, 1.54) is 24.5 Å². The Kier molecular flexibility index (Phi) is 4.88. The summed E-state index contributed by atoms with van der Waals surface area (Å²) in [7, 11) is 0. The van der Waals surface area contributed by atoms with Crippen molar-refractivity contribution in [3.8, 4) is 5.75 Å². The molecular formula is C22H22F3N3O3. The second-order valence-electron chi connectivity index (χ2n) is 8.77. The molecule has 31 heavy (non-hydrogen) atoms. The second kappa shape index (κ2) is 7.47. The summed E-state index contributed by atoms with van der Waals surface area (Å²) in [6, 6.07) is 4.82. The molecule has 0 bridgehead atoms. The van der Waals surface area contributed by atoms with Crippen molar-refractivity contribution in [3.63, 3.8) is 0 Å². The predicted molar refractivity (Wildman–Crippen MR) is 104 cm³/mol. The van der Waals surface area contributed by atoms with Gasteiger partial charge in [0.25, 0.3) is 5.91 Å². The van der Waals surface area contributed by atoms with Crippen LogP contribution in [0.4, 0.5) is 13.2 Å². The Morgan fingerprint density at radius 2 is 1.84 bits per heavy atom. The number of ether oxygens (including phenoxy) is 2. The minimum Gasteiger partial charge on any atom is -0.406 e. The van der Waals surface area contributed by atoms with E-state index in [2.05, 4.69) is 14.7 Å². The lowest BCUT2D eigenvalue weighted by atomic mass is 9.78. The number of alkyl halides is 3. The molecule has 3 heterocycles. The van der Waals surface area contributed by atoms with Gasteiger partial charge in [0.1, 0.15) is 11.6 Å². The lowest BCUT2D eigenvalue weighted by Crippen LogP contribution is -2.67. The summed E-state index contributed by atoms with van der Waals surface area (Å²) in [5.74, 6) is 0.580. The molecule has 0 atom stereocenters. The van der Waals surface area contributed by atoms with E-state index in [1.807, 2.05) is 6.07 Å². The Morgan fingerprint density at radius 1 is 1.13 bits per heavy atom. The van der Waals surface area contributed by atoms with Gasteiger partial charge in [-0.1, -0.05) is 6.07 Å². The zero-order valence-electron chi connectivity index (χ0n) is 16.8. The maximum absolute atomic E-state index is 12.6. The number of likely N-dealkylation sites (tertiary alicyclic amines) is 1. The molecule has 2 aliphatic heterocycles. The van der Waals surface area contributed by atoms with Crippen molar-refractivity contribution in [3.05, 3.63) is 53.1 Å². The fourth-order valence-corrected chi connectivity index (χ4v) is 4.19. The Balaban J connectivity index is 1.21. The average Bonchev–Trinajstić information content (AvgIpc) is 3.48. The molecule has 0 radical (unpaired) electrons. The normalized spacial score (nSPS) is 19.6. The smallest absolute Gasteiger partial charge is 0.406 e. The Bertz CT molecular complexity index is 978.